The molecule has 0 amide bonds. The molecule has 1 aliphatic heterocycles. The second-order valence-electron chi connectivity index (χ2n) is 4.83. The monoisotopic (exact) mass is 290 g/mol. The minimum Gasteiger partial charge on any atom is -0.369 e. The molecular weight excluding hydrogens is 272 g/mol. The first kappa shape index (κ1) is 15.2. The first-order chi connectivity index (χ1) is 10.2. The average molecular weight is 290 g/mol. The van der Waals surface area contributed by atoms with E-state index in [2.05, 4.69) is 20.5 Å². The zero-order chi connectivity index (χ0) is 15.1. The van der Waals surface area contributed by atoms with Crippen LogP contribution in [-0.4, -0.2) is 54.1 Å². The molecule has 2 heterocycles. The van der Waals surface area contributed by atoms with Crippen LogP contribution in [0.4, 0.5) is 11.5 Å². The van der Waals surface area contributed by atoms with Gasteiger partial charge in [0, 0.05) is 38.8 Å². The largest absolute Gasteiger partial charge is 0.369 e. The smallest absolute Gasteiger partial charge is 0.289 e. The lowest BCUT2D eigenvalue weighted by Crippen LogP contribution is -2.44. The molecule has 0 unspecified atom stereocenters. The van der Waals surface area contributed by atoms with Gasteiger partial charge in [-0.3, -0.25) is 10.1 Å². The highest BCUT2D eigenvalue weighted by molar-refractivity contribution is 5.55. The molecule has 0 spiro atoms. The van der Waals surface area contributed by atoms with Gasteiger partial charge in [0.25, 0.3) is 5.69 Å². The van der Waals surface area contributed by atoms with Crippen molar-refractivity contribution >= 4 is 11.5 Å². The van der Waals surface area contributed by atoms with Gasteiger partial charge in [0.05, 0.1) is 4.92 Å². The number of aromatic nitrogens is 1. The fourth-order valence-electron chi connectivity index (χ4n) is 2.22. The molecule has 8 nitrogen and oxygen atoms in total. The van der Waals surface area contributed by atoms with E-state index in [0.717, 1.165) is 39.1 Å². The summed E-state index contributed by atoms with van der Waals surface area (Å²) in [5.41, 5.74) is 0.0317. The highest BCUT2D eigenvalue weighted by Gasteiger charge is 2.12. The van der Waals surface area contributed by atoms with Crippen molar-refractivity contribution in [3.8, 4) is 6.07 Å². The van der Waals surface area contributed by atoms with Crippen LogP contribution in [0.25, 0.3) is 0 Å². The Labute approximate surface area is 122 Å². The van der Waals surface area contributed by atoms with Crippen LogP contribution in [0.15, 0.2) is 12.3 Å². The molecule has 21 heavy (non-hydrogen) atoms. The molecule has 0 aromatic carbocycles. The third-order valence-corrected chi connectivity index (χ3v) is 3.36. The SMILES string of the molecule is N#Cc1cc([N+](=O)[O-])cnc1NCCCN1CCNCC1. The standard InChI is InChI=1S/C13H18N6O2/c14-9-11-8-12(19(20)21)10-17-13(11)16-2-1-5-18-6-3-15-4-7-18/h8,10,15H,1-7H2,(H,16,17). The lowest BCUT2D eigenvalue weighted by atomic mass is 10.2. The zero-order valence-electron chi connectivity index (χ0n) is 11.7. The second kappa shape index (κ2) is 7.52. The highest BCUT2D eigenvalue weighted by atomic mass is 16.6. The van der Waals surface area contributed by atoms with Gasteiger partial charge in [-0.25, -0.2) is 4.98 Å². The molecule has 1 fully saturated rings. The summed E-state index contributed by atoms with van der Waals surface area (Å²) >= 11 is 0. The molecule has 1 saturated heterocycles. The Bertz CT molecular complexity index is 536. The maximum absolute atomic E-state index is 10.6. The third kappa shape index (κ3) is 4.37. The number of anilines is 1. The van der Waals surface area contributed by atoms with Crippen LogP contribution >= 0.6 is 0 Å². The molecule has 1 aromatic rings. The van der Waals surface area contributed by atoms with Crippen molar-refractivity contribution in [3.05, 3.63) is 27.9 Å². The Balaban J connectivity index is 1.82. The topological polar surface area (TPSA) is 107 Å². The van der Waals surface area contributed by atoms with Crippen molar-refractivity contribution in [1.82, 2.24) is 15.2 Å². The van der Waals surface area contributed by atoms with Gasteiger partial charge in [-0.15, -0.1) is 0 Å². The Kier molecular flexibility index (Phi) is 5.43. The molecule has 1 aliphatic rings. The molecule has 0 aliphatic carbocycles. The number of nitrogens with zero attached hydrogens (tertiary/aromatic N) is 4. The number of piperazine rings is 1. The Hall–Kier alpha value is -2.24. The second-order valence-corrected chi connectivity index (χ2v) is 4.83. The molecule has 112 valence electrons. The van der Waals surface area contributed by atoms with E-state index in [1.54, 1.807) is 0 Å². The van der Waals surface area contributed by atoms with Crippen LogP contribution in [0.1, 0.15) is 12.0 Å². The Morgan fingerprint density at radius 1 is 1.52 bits per heavy atom. The zero-order valence-corrected chi connectivity index (χ0v) is 11.7. The number of nitriles is 1. The van der Waals surface area contributed by atoms with Crippen LogP contribution in [0, 0.1) is 21.4 Å². The molecule has 0 saturated carbocycles. The average Bonchev–Trinajstić information content (AvgIpc) is 2.52. The Morgan fingerprint density at radius 3 is 2.95 bits per heavy atom. The third-order valence-electron chi connectivity index (χ3n) is 3.36. The van der Waals surface area contributed by atoms with E-state index in [1.165, 1.54) is 12.3 Å². The van der Waals surface area contributed by atoms with E-state index >= 15 is 0 Å². The minimum atomic E-state index is -0.554. The van der Waals surface area contributed by atoms with Crippen molar-refractivity contribution in [2.45, 2.75) is 6.42 Å². The van der Waals surface area contributed by atoms with E-state index in [0.29, 0.717) is 12.4 Å². The van der Waals surface area contributed by atoms with Gasteiger partial charge in [0.15, 0.2) is 0 Å². The number of rotatable bonds is 6. The fraction of sp³-hybridized carbons (Fsp3) is 0.538. The number of nitrogens with one attached hydrogen (secondary N) is 2. The van der Waals surface area contributed by atoms with Gasteiger partial charge in [-0.05, 0) is 13.0 Å². The molecular formula is C13H18N6O2. The summed E-state index contributed by atoms with van der Waals surface area (Å²) in [5, 5.41) is 26.0. The van der Waals surface area contributed by atoms with Crippen LogP contribution in [0.3, 0.4) is 0 Å². The van der Waals surface area contributed by atoms with Gasteiger partial charge in [-0.1, -0.05) is 0 Å². The summed E-state index contributed by atoms with van der Waals surface area (Å²) < 4.78 is 0. The highest BCUT2D eigenvalue weighted by Crippen LogP contribution is 2.18. The quantitative estimate of drug-likeness (QED) is 0.448. The van der Waals surface area contributed by atoms with Gasteiger partial charge in [-0.2, -0.15) is 5.26 Å². The predicted octanol–water partition coefficient (Wildman–Crippen LogP) is 0.569. The summed E-state index contributed by atoms with van der Waals surface area (Å²) in [6.07, 6.45) is 2.10. The van der Waals surface area contributed by atoms with Crippen molar-refractivity contribution in [2.75, 3.05) is 44.6 Å². The van der Waals surface area contributed by atoms with Gasteiger partial charge >= 0.3 is 0 Å². The summed E-state index contributed by atoms with van der Waals surface area (Å²) in [6.45, 7) is 5.83. The van der Waals surface area contributed by atoms with Crippen molar-refractivity contribution < 1.29 is 4.92 Å². The maximum Gasteiger partial charge on any atom is 0.289 e. The first-order valence-corrected chi connectivity index (χ1v) is 6.92. The number of pyridine rings is 1. The van der Waals surface area contributed by atoms with Crippen LogP contribution in [-0.2, 0) is 0 Å². The first-order valence-electron chi connectivity index (χ1n) is 6.92. The fourth-order valence-corrected chi connectivity index (χ4v) is 2.22. The molecule has 0 atom stereocenters. The van der Waals surface area contributed by atoms with Crippen molar-refractivity contribution in [2.24, 2.45) is 0 Å². The van der Waals surface area contributed by atoms with Crippen molar-refractivity contribution in [3.63, 3.8) is 0 Å². The minimum absolute atomic E-state index is 0.169. The molecule has 2 rings (SSSR count). The lowest BCUT2D eigenvalue weighted by molar-refractivity contribution is -0.385. The number of hydrogen-bond acceptors (Lipinski definition) is 7. The van der Waals surface area contributed by atoms with Gasteiger partial charge in [0.2, 0.25) is 0 Å². The van der Waals surface area contributed by atoms with E-state index in [4.69, 9.17) is 5.26 Å². The summed E-state index contributed by atoms with van der Waals surface area (Å²) in [4.78, 5) is 16.4. The maximum atomic E-state index is 10.6. The summed E-state index contributed by atoms with van der Waals surface area (Å²) in [6, 6.07) is 3.17. The molecule has 0 radical (unpaired) electrons. The van der Waals surface area contributed by atoms with Gasteiger partial charge in [0.1, 0.15) is 23.6 Å². The Morgan fingerprint density at radius 2 is 2.29 bits per heavy atom. The van der Waals surface area contributed by atoms with E-state index in [1.807, 2.05) is 6.07 Å². The van der Waals surface area contributed by atoms with E-state index < -0.39 is 4.92 Å². The van der Waals surface area contributed by atoms with Crippen LogP contribution in [0.5, 0.6) is 0 Å². The molecule has 1 aromatic heterocycles. The van der Waals surface area contributed by atoms with Crippen LogP contribution in [0.2, 0.25) is 0 Å². The summed E-state index contributed by atoms with van der Waals surface area (Å²) in [7, 11) is 0. The van der Waals surface area contributed by atoms with E-state index in [-0.39, 0.29) is 11.3 Å². The lowest BCUT2D eigenvalue weighted by Gasteiger charge is -2.27. The van der Waals surface area contributed by atoms with Crippen molar-refractivity contribution in [1.29, 1.82) is 5.26 Å². The van der Waals surface area contributed by atoms with Gasteiger partial charge < -0.3 is 15.5 Å². The number of hydrogen-bond donors (Lipinski definition) is 2. The molecule has 0 bridgehead atoms. The normalized spacial score (nSPS) is 15.4. The van der Waals surface area contributed by atoms with Crippen LogP contribution < -0.4 is 10.6 Å². The predicted molar refractivity (Wildman–Crippen MR) is 78.0 cm³/mol. The molecule has 2 N–H and O–H groups in total. The number of nitro groups is 1. The summed E-state index contributed by atoms with van der Waals surface area (Å²) in [5.74, 6) is 0.406. The van der Waals surface area contributed by atoms with E-state index in [9.17, 15) is 10.1 Å². The molecule has 8 heteroatoms.